The second-order valence-electron chi connectivity index (χ2n) is 3.99. The smallest absolute Gasteiger partial charge is 0.246 e. The van der Waals surface area contributed by atoms with E-state index in [1.54, 1.807) is 6.92 Å². The van der Waals surface area contributed by atoms with E-state index in [0.29, 0.717) is 6.42 Å². The molecule has 0 saturated heterocycles. The summed E-state index contributed by atoms with van der Waals surface area (Å²) in [6.07, 6.45) is 0.658. The molecular weight excluding hydrogens is 182 g/mol. The molecule has 0 rings (SSSR count). The molecule has 4 heteroatoms. The lowest BCUT2D eigenvalue weighted by molar-refractivity contribution is -0.128. The van der Waals surface area contributed by atoms with Gasteiger partial charge in [-0.1, -0.05) is 6.92 Å². The van der Waals surface area contributed by atoms with E-state index < -0.39 is 5.60 Å². The van der Waals surface area contributed by atoms with Crippen molar-refractivity contribution < 1.29 is 14.6 Å². The minimum atomic E-state index is -0.826. The van der Waals surface area contributed by atoms with Gasteiger partial charge in [0.1, 0.15) is 6.61 Å². The zero-order valence-corrected chi connectivity index (χ0v) is 9.46. The van der Waals surface area contributed by atoms with Crippen LogP contribution in [0.5, 0.6) is 0 Å². The van der Waals surface area contributed by atoms with Gasteiger partial charge in [0.05, 0.1) is 11.7 Å². The molecule has 0 heterocycles. The Morgan fingerprint density at radius 2 is 2.14 bits per heavy atom. The van der Waals surface area contributed by atoms with Crippen LogP contribution in [0.25, 0.3) is 0 Å². The molecule has 0 aromatic heterocycles. The van der Waals surface area contributed by atoms with Gasteiger partial charge in [0.25, 0.3) is 0 Å². The van der Waals surface area contributed by atoms with Crippen LogP contribution in [0.1, 0.15) is 34.1 Å². The molecule has 1 unspecified atom stereocenters. The molecule has 84 valence electrons. The summed E-state index contributed by atoms with van der Waals surface area (Å²) in [4.78, 5) is 11.2. The van der Waals surface area contributed by atoms with Crippen molar-refractivity contribution in [1.82, 2.24) is 5.32 Å². The fourth-order valence-corrected chi connectivity index (χ4v) is 0.707. The van der Waals surface area contributed by atoms with E-state index in [1.165, 1.54) is 0 Å². The molecule has 0 bridgehead atoms. The third-order valence-corrected chi connectivity index (χ3v) is 1.98. The van der Waals surface area contributed by atoms with Crippen LogP contribution in [0.4, 0.5) is 0 Å². The maximum atomic E-state index is 11.2. The Morgan fingerprint density at radius 3 is 2.57 bits per heavy atom. The molecule has 0 saturated carbocycles. The highest BCUT2D eigenvalue weighted by molar-refractivity contribution is 5.77. The highest BCUT2D eigenvalue weighted by Gasteiger charge is 2.18. The van der Waals surface area contributed by atoms with Crippen LogP contribution >= 0.6 is 0 Å². The van der Waals surface area contributed by atoms with E-state index in [1.807, 2.05) is 20.8 Å². The molecule has 0 spiro atoms. The Hall–Kier alpha value is -0.610. The molecule has 14 heavy (non-hydrogen) atoms. The first-order valence-electron chi connectivity index (χ1n) is 4.98. The standard InChI is InChI=1S/C10H21NO3/c1-5-10(4,13)7-11-9(12)6-14-8(2)3/h8,13H,5-7H2,1-4H3,(H,11,12). The lowest BCUT2D eigenvalue weighted by atomic mass is 10.0. The van der Waals surface area contributed by atoms with Crippen molar-refractivity contribution in [2.24, 2.45) is 0 Å². The maximum absolute atomic E-state index is 11.2. The lowest BCUT2D eigenvalue weighted by Crippen LogP contribution is -2.41. The molecule has 1 amide bonds. The van der Waals surface area contributed by atoms with Gasteiger partial charge >= 0.3 is 0 Å². The van der Waals surface area contributed by atoms with Gasteiger partial charge < -0.3 is 15.2 Å². The number of rotatable bonds is 6. The molecule has 0 radical (unpaired) electrons. The number of carbonyl (C=O) groups is 1. The Balaban J connectivity index is 3.64. The minimum absolute atomic E-state index is 0.0486. The Kier molecular flexibility index (Phi) is 5.72. The van der Waals surface area contributed by atoms with Gasteiger partial charge in [-0.25, -0.2) is 0 Å². The predicted octanol–water partition coefficient (Wildman–Crippen LogP) is 0.689. The SMILES string of the molecule is CCC(C)(O)CNC(=O)COC(C)C. The topological polar surface area (TPSA) is 58.6 Å². The van der Waals surface area contributed by atoms with Crippen molar-refractivity contribution in [3.8, 4) is 0 Å². The van der Waals surface area contributed by atoms with Gasteiger partial charge in [-0.3, -0.25) is 4.79 Å². The van der Waals surface area contributed by atoms with Crippen LogP contribution in [0.15, 0.2) is 0 Å². The van der Waals surface area contributed by atoms with Crippen molar-refractivity contribution in [2.45, 2.75) is 45.8 Å². The number of amides is 1. The van der Waals surface area contributed by atoms with Gasteiger partial charge in [0.2, 0.25) is 5.91 Å². The third kappa shape index (κ3) is 6.86. The number of hydrogen-bond donors (Lipinski definition) is 2. The van der Waals surface area contributed by atoms with Gasteiger partial charge in [-0.05, 0) is 27.2 Å². The van der Waals surface area contributed by atoms with E-state index in [9.17, 15) is 9.90 Å². The number of aliphatic hydroxyl groups is 1. The van der Waals surface area contributed by atoms with Crippen molar-refractivity contribution in [2.75, 3.05) is 13.2 Å². The van der Waals surface area contributed by atoms with E-state index in [4.69, 9.17) is 4.74 Å². The molecule has 0 aromatic rings. The van der Waals surface area contributed by atoms with E-state index in [-0.39, 0.29) is 25.2 Å². The molecule has 1 atom stereocenters. The quantitative estimate of drug-likeness (QED) is 0.667. The zero-order chi connectivity index (χ0) is 11.2. The molecule has 2 N–H and O–H groups in total. The summed E-state index contributed by atoms with van der Waals surface area (Å²) in [5.41, 5.74) is -0.826. The average Bonchev–Trinajstić information content (AvgIpc) is 2.11. The molecular formula is C10H21NO3. The number of hydrogen-bond acceptors (Lipinski definition) is 3. The van der Waals surface area contributed by atoms with Crippen LogP contribution in [-0.2, 0) is 9.53 Å². The summed E-state index contributed by atoms with van der Waals surface area (Å²) in [7, 11) is 0. The Labute approximate surface area is 85.6 Å². The van der Waals surface area contributed by atoms with E-state index >= 15 is 0 Å². The van der Waals surface area contributed by atoms with Crippen molar-refractivity contribution in [3.05, 3.63) is 0 Å². The van der Waals surface area contributed by atoms with Gasteiger partial charge in [0.15, 0.2) is 0 Å². The molecule has 4 nitrogen and oxygen atoms in total. The van der Waals surface area contributed by atoms with Gasteiger partial charge in [-0.2, -0.15) is 0 Å². The molecule has 0 aliphatic carbocycles. The number of carbonyl (C=O) groups excluding carboxylic acids is 1. The van der Waals surface area contributed by atoms with Crippen LogP contribution in [-0.4, -0.2) is 35.9 Å². The van der Waals surface area contributed by atoms with Gasteiger partial charge in [0, 0.05) is 6.54 Å². The minimum Gasteiger partial charge on any atom is -0.388 e. The van der Waals surface area contributed by atoms with E-state index in [0.717, 1.165) is 0 Å². The Morgan fingerprint density at radius 1 is 1.57 bits per heavy atom. The van der Waals surface area contributed by atoms with E-state index in [2.05, 4.69) is 5.32 Å². The van der Waals surface area contributed by atoms with Crippen LogP contribution < -0.4 is 5.32 Å². The van der Waals surface area contributed by atoms with Crippen LogP contribution in [0.3, 0.4) is 0 Å². The summed E-state index contributed by atoms with van der Waals surface area (Å²) in [6, 6.07) is 0. The predicted molar refractivity (Wildman–Crippen MR) is 55.0 cm³/mol. The maximum Gasteiger partial charge on any atom is 0.246 e. The fraction of sp³-hybridized carbons (Fsp3) is 0.900. The van der Waals surface area contributed by atoms with Crippen LogP contribution in [0, 0.1) is 0 Å². The number of ether oxygens (including phenoxy) is 1. The third-order valence-electron chi connectivity index (χ3n) is 1.98. The van der Waals surface area contributed by atoms with Crippen molar-refractivity contribution >= 4 is 5.91 Å². The molecule has 0 aliphatic rings. The largest absolute Gasteiger partial charge is 0.388 e. The highest BCUT2D eigenvalue weighted by atomic mass is 16.5. The zero-order valence-electron chi connectivity index (χ0n) is 9.46. The average molecular weight is 203 g/mol. The summed E-state index contributed by atoms with van der Waals surface area (Å²) in [5, 5.41) is 12.2. The second-order valence-corrected chi connectivity index (χ2v) is 3.99. The first kappa shape index (κ1) is 13.4. The first-order valence-corrected chi connectivity index (χ1v) is 4.98. The summed E-state index contributed by atoms with van der Waals surface area (Å²) < 4.78 is 5.11. The summed E-state index contributed by atoms with van der Waals surface area (Å²) in [5.74, 6) is -0.188. The lowest BCUT2D eigenvalue weighted by Gasteiger charge is -2.21. The fourth-order valence-electron chi connectivity index (χ4n) is 0.707. The summed E-state index contributed by atoms with van der Waals surface area (Å²) in [6.45, 7) is 7.62. The second kappa shape index (κ2) is 5.98. The molecule has 0 aliphatic heterocycles. The number of nitrogens with one attached hydrogen (secondary N) is 1. The van der Waals surface area contributed by atoms with Crippen LogP contribution in [0.2, 0.25) is 0 Å². The highest BCUT2D eigenvalue weighted by Crippen LogP contribution is 2.05. The monoisotopic (exact) mass is 203 g/mol. The normalized spacial score (nSPS) is 15.3. The first-order chi connectivity index (χ1) is 6.37. The van der Waals surface area contributed by atoms with Gasteiger partial charge in [-0.15, -0.1) is 0 Å². The molecule has 0 fully saturated rings. The summed E-state index contributed by atoms with van der Waals surface area (Å²) >= 11 is 0. The molecule has 0 aromatic carbocycles. The van der Waals surface area contributed by atoms with Crippen molar-refractivity contribution in [3.63, 3.8) is 0 Å². The van der Waals surface area contributed by atoms with Crippen molar-refractivity contribution in [1.29, 1.82) is 0 Å². The Bertz CT molecular complexity index is 178.